The van der Waals surface area contributed by atoms with Crippen LogP contribution in [0.1, 0.15) is 20.8 Å². The summed E-state index contributed by atoms with van der Waals surface area (Å²) in [6.07, 6.45) is 1.78. The lowest BCUT2D eigenvalue weighted by Gasteiger charge is -2.21. The van der Waals surface area contributed by atoms with Gasteiger partial charge in [-0.15, -0.1) is 0 Å². The van der Waals surface area contributed by atoms with Crippen LogP contribution in [0.2, 0.25) is 0 Å². The van der Waals surface area contributed by atoms with Crippen LogP contribution in [0.5, 0.6) is 0 Å². The standard InChI is InChI=1S/C13H20N2O/c1-11(9-14-13(2,3)4)10-15-8-6-5-7-12(15)16/h5-8,14H,1,9-10H2,2-4H3. The summed E-state index contributed by atoms with van der Waals surface area (Å²) in [4.78, 5) is 11.5. The fourth-order valence-corrected chi connectivity index (χ4v) is 1.28. The summed E-state index contributed by atoms with van der Waals surface area (Å²) in [6.45, 7) is 11.6. The van der Waals surface area contributed by atoms with E-state index in [-0.39, 0.29) is 11.1 Å². The van der Waals surface area contributed by atoms with Crippen molar-refractivity contribution in [3.8, 4) is 0 Å². The molecule has 3 heteroatoms. The van der Waals surface area contributed by atoms with E-state index >= 15 is 0 Å². The number of nitrogens with one attached hydrogen (secondary N) is 1. The summed E-state index contributed by atoms with van der Waals surface area (Å²) in [5, 5.41) is 3.35. The molecular formula is C13H20N2O. The number of hydrogen-bond acceptors (Lipinski definition) is 2. The van der Waals surface area contributed by atoms with E-state index in [4.69, 9.17) is 0 Å². The van der Waals surface area contributed by atoms with E-state index in [1.54, 1.807) is 22.9 Å². The minimum absolute atomic E-state index is 0.0133. The molecule has 0 spiro atoms. The molecule has 0 aliphatic carbocycles. The van der Waals surface area contributed by atoms with Crippen molar-refractivity contribution in [2.75, 3.05) is 6.54 Å². The Hall–Kier alpha value is -1.35. The minimum atomic E-state index is 0.0133. The normalized spacial score (nSPS) is 11.4. The van der Waals surface area contributed by atoms with Gasteiger partial charge in [0.2, 0.25) is 0 Å². The van der Waals surface area contributed by atoms with Crippen LogP contribution in [0.15, 0.2) is 41.3 Å². The van der Waals surface area contributed by atoms with Crippen LogP contribution < -0.4 is 10.9 Å². The van der Waals surface area contributed by atoms with Gasteiger partial charge in [-0.2, -0.15) is 0 Å². The molecule has 0 saturated heterocycles. The van der Waals surface area contributed by atoms with Crippen LogP contribution in [0.4, 0.5) is 0 Å². The third-order valence-corrected chi connectivity index (χ3v) is 2.16. The van der Waals surface area contributed by atoms with Gasteiger partial charge in [-0.05, 0) is 32.4 Å². The zero-order valence-corrected chi connectivity index (χ0v) is 10.3. The van der Waals surface area contributed by atoms with Crippen LogP contribution >= 0.6 is 0 Å². The van der Waals surface area contributed by atoms with Gasteiger partial charge in [0.1, 0.15) is 0 Å². The third kappa shape index (κ3) is 4.45. The molecule has 3 nitrogen and oxygen atoms in total. The van der Waals surface area contributed by atoms with E-state index in [2.05, 4.69) is 32.7 Å². The summed E-state index contributed by atoms with van der Waals surface area (Å²) >= 11 is 0. The van der Waals surface area contributed by atoms with E-state index in [0.717, 1.165) is 12.1 Å². The molecule has 0 aliphatic heterocycles. The average Bonchev–Trinajstić information content (AvgIpc) is 2.18. The van der Waals surface area contributed by atoms with E-state index in [9.17, 15) is 4.79 Å². The van der Waals surface area contributed by atoms with Gasteiger partial charge in [-0.3, -0.25) is 4.79 Å². The highest BCUT2D eigenvalue weighted by Crippen LogP contribution is 2.01. The van der Waals surface area contributed by atoms with Gasteiger partial charge in [0, 0.05) is 30.9 Å². The largest absolute Gasteiger partial charge is 0.311 e. The maximum Gasteiger partial charge on any atom is 0.250 e. The molecule has 1 N–H and O–H groups in total. The number of hydrogen-bond donors (Lipinski definition) is 1. The zero-order chi connectivity index (χ0) is 12.2. The molecule has 0 atom stereocenters. The maximum absolute atomic E-state index is 11.5. The molecule has 0 fully saturated rings. The summed E-state index contributed by atoms with van der Waals surface area (Å²) in [5.74, 6) is 0. The molecular weight excluding hydrogens is 200 g/mol. The predicted molar refractivity (Wildman–Crippen MR) is 67.6 cm³/mol. The number of pyridine rings is 1. The molecule has 0 unspecified atom stereocenters. The van der Waals surface area contributed by atoms with Crippen LogP contribution in [-0.2, 0) is 6.54 Å². The van der Waals surface area contributed by atoms with E-state index in [1.165, 1.54) is 0 Å². The Balaban J connectivity index is 2.53. The van der Waals surface area contributed by atoms with Crippen molar-refractivity contribution in [2.45, 2.75) is 32.9 Å². The number of nitrogens with zero attached hydrogens (tertiary/aromatic N) is 1. The van der Waals surface area contributed by atoms with Crippen LogP contribution in [-0.4, -0.2) is 16.7 Å². The molecule has 0 radical (unpaired) electrons. The summed E-state index contributed by atoms with van der Waals surface area (Å²) in [5.41, 5.74) is 1.09. The van der Waals surface area contributed by atoms with Crippen LogP contribution in [0.25, 0.3) is 0 Å². The summed E-state index contributed by atoms with van der Waals surface area (Å²) in [7, 11) is 0. The van der Waals surface area contributed by atoms with Crippen LogP contribution in [0.3, 0.4) is 0 Å². The van der Waals surface area contributed by atoms with Crippen molar-refractivity contribution in [3.05, 3.63) is 46.9 Å². The summed E-state index contributed by atoms with van der Waals surface area (Å²) in [6, 6.07) is 5.16. The molecule has 0 saturated carbocycles. The second-order valence-electron chi connectivity index (χ2n) is 5.02. The second kappa shape index (κ2) is 5.12. The third-order valence-electron chi connectivity index (χ3n) is 2.16. The molecule has 1 aromatic rings. The second-order valence-corrected chi connectivity index (χ2v) is 5.02. The average molecular weight is 220 g/mol. The smallest absolute Gasteiger partial charge is 0.250 e. The fourth-order valence-electron chi connectivity index (χ4n) is 1.28. The monoisotopic (exact) mass is 220 g/mol. The Labute approximate surface area is 96.8 Å². The highest BCUT2D eigenvalue weighted by Gasteiger charge is 2.08. The molecule has 88 valence electrons. The minimum Gasteiger partial charge on any atom is -0.311 e. The SMILES string of the molecule is C=C(CNC(C)(C)C)Cn1ccccc1=O. The van der Waals surface area contributed by atoms with Gasteiger partial charge in [0.15, 0.2) is 0 Å². The number of rotatable bonds is 4. The number of aromatic nitrogens is 1. The Bertz CT molecular complexity index is 412. The van der Waals surface area contributed by atoms with Crippen molar-refractivity contribution >= 4 is 0 Å². The Morgan fingerprint density at radius 2 is 2.12 bits per heavy atom. The van der Waals surface area contributed by atoms with Gasteiger partial charge in [-0.25, -0.2) is 0 Å². The molecule has 0 bridgehead atoms. The van der Waals surface area contributed by atoms with E-state index in [1.807, 2.05) is 6.07 Å². The van der Waals surface area contributed by atoms with Gasteiger partial charge in [0.25, 0.3) is 5.56 Å². The maximum atomic E-state index is 11.5. The van der Waals surface area contributed by atoms with Crippen molar-refractivity contribution in [3.63, 3.8) is 0 Å². The topological polar surface area (TPSA) is 34.0 Å². The quantitative estimate of drug-likeness (QED) is 0.785. The van der Waals surface area contributed by atoms with Crippen molar-refractivity contribution < 1.29 is 0 Å². The predicted octanol–water partition coefficient (Wildman–Crippen LogP) is 1.79. The first-order chi connectivity index (χ1) is 7.38. The molecule has 1 heterocycles. The van der Waals surface area contributed by atoms with Gasteiger partial charge >= 0.3 is 0 Å². The van der Waals surface area contributed by atoms with Gasteiger partial charge < -0.3 is 9.88 Å². The molecule has 1 rings (SSSR count). The first-order valence-corrected chi connectivity index (χ1v) is 5.46. The highest BCUT2D eigenvalue weighted by atomic mass is 16.1. The molecule has 0 aliphatic rings. The Kier molecular flexibility index (Phi) is 4.07. The van der Waals surface area contributed by atoms with E-state index in [0.29, 0.717) is 6.54 Å². The van der Waals surface area contributed by atoms with Crippen molar-refractivity contribution in [2.24, 2.45) is 0 Å². The summed E-state index contributed by atoms with van der Waals surface area (Å²) < 4.78 is 1.66. The zero-order valence-electron chi connectivity index (χ0n) is 10.3. The first kappa shape index (κ1) is 12.7. The lowest BCUT2D eigenvalue weighted by atomic mass is 10.1. The van der Waals surface area contributed by atoms with Crippen molar-refractivity contribution in [1.29, 1.82) is 0 Å². The lowest BCUT2D eigenvalue weighted by Crippen LogP contribution is -2.37. The molecule has 0 amide bonds. The lowest BCUT2D eigenvalue weighted by molar-refractivity contribution is 0.440. The van der Waals surface area contributed by atoms with Crippen molar-refractivity contribution in [1.82, 2.24) is 9.88 Å². The fraction of sp³-hybridized carbons (Fsp3) is 0.462. The Morgan fingerprint density at radius 1 is 1.44 bits per heavy atom. The Morgan fingerprint density at radius 3 is 2.69 bits per heavy atom. The van der Waals surface area contributed by atoms with E-state index < -0.39 is 0 Å². The molecule has 0 aromatic carbocycles. The highest BCUT2D eigenvalue weighted by molar-refractivity contribution is 5.02. The van der Waals surface area contributed by atoms with Gasteiger partial charge in [-0.1, -0.05) is 12.6 Å². The van der Waals surface area contributed by atoms with Gasteiger partial charge in [0.05, 0.1) is 0 Å². The molecule has 1 aromatic heterocycles. The van der Waals surface area contributed by atoms with Crippen LogP contribution in [0, 0.1) is 0 Å². The molecule has 16 heavy (non-hydrogen) atoms. The first-order valence-electron chi connectivity index (χ1n) is 5.46.